The van der Waals surface area contributed by atoms with E-state index in [0.29, 0.717) is 11.0 Å². The molecule has 3 aromatic carbocycles. The van der Waals surface area contributed by atoms with E-state index < -0.39 is 33.1 Å². The molecule has 1 amide bonds. The molecular weight excluding hydrogens is 540 g/mol. The quantitative estimate of drug-likeness (QED) is 0.464. The van der Waals surface area contributed by atoms with Crippen LogP contribution in [0.15, 0.2) is 70.0 Å². The van der Waals surface area contributed by atoms with Crippen LogP contribution in [-0.4, -0.2) is 44.3 Å². The van der Waals surface area contributed by atoms with Crippen molar-refractivity contribution in [2.75, 3.05) is 29.9 Å². The highest BCUT2D eigenvalue weighted by molar-refractivity contribution is 9.10. The zero-order valence-electron chi connectivity index (χ0n) is 19.1. The number of halogens is 3. The maximum absolute atomic E-state index is 14.5. The molecule has 1 saturated heterocycles. The molecule has 1 heterocycles. The molecule has 6 nitrogen and oxygen atoms in total. The molecule has 1 N–H and O–H groups in total. The molecule has 10 heteroatoms. The van der Waals surface area contributed by atoms with Gasteiger partial charge in [0, 0.05) is 35.8 Å². The smallest absolute Gasteiger partial charge is 0.258 e. The Morgan fingerprint density at radius 3 is 2.37 bits per heavy atom. The van der Waals surface area contributed by atoms with Gasteiger partial charge in [-0.15, -0.1) is 0 Å². The van der Waals surface area contributed by atoms with Crippen molar-refractivity contribution in [2.24, 2.45) is 0 Å². The molecule has 0 aromatic heterocycles. The first-order chi connectivity index (χ1) is 16.6. The average Bonchev–Trinajstić information content (AvgIpc) is 2.81. The topological polar surface area (TPSA) is 69.7 Å². The van der Waals surface area contributed by atoms with Gasteiger partial charge >= 0.3 is 0 Å². The molecule has 0 radical (unpaired) electrons. The number of carbonyl (C=O) groups excluding carboxylic acids is 1. The summed E-state index contributed by atoms with van der Waals surface area (Å²) in [5.41, 5.74) is 1.52. The summed E-state index contributed by atoms with van der Waals surface area (Å²) in [7, 11) is -3.99. The van der Waals surface area contributed by atoms with E-state index in [4.69, 9.17) is 0 Å². The minimum absolute atomic E-state index is 0.0928. The summed E-state index contributed by atoms with van der Waals surface area (Å²) < 4.78 is 57.1. The third kappa shape index (κ3) is 5.39. The minimum Gasteiger partial charge on any atom is -0.366 e. The Balaban J connectivity index is 1.54. The zero-order chi connectivity index (χ0) is 25.3. The van der Waals surface area contributed by atoms with Crippen LogP contribution in [0.2, 0.25) is 0 Å². The summed E-state index contributed by atoms with van der Waals surface area (Å²) in [5, 5.41) is 2.30. The van der Waals surface area contributed by atoms with Crippen molar-refractivity contribution in [3.05, 3.63) is 87.9 Å². The maximum atomic E-state index is 14.5. The van der Waals surface area contributed by atoms with E-state index >= 15 is 0 Å². The van der Waals surface area contributed by atoms with E-state index in [0.717, 1.165) is 35.5 Å². The number of anilines is 2. The van der Waals surface area contributed by atoms with Gasteiger partial charge in [-0.05, 0) is 62.4 Å². The standard InChI is InChI=1S/C25H24BrF2N3O3S/c1-16-3-6-19(7-4-16)31-12-11-30(15-17(31)2)35(33,34)20-8-9-22(27)21(14-20)25(32)29-24-10-5-18(26)13-23(24)28/h3-10,13-14,17H,11-12,15H2,1-2H3,(H,29,32)/t17-/m0/s1. The van der Waals surface area contributed by atoms with Crippen molar-refractivity contribution >= 4 is 43.2 Å². The number of hydrogen-bond donors (Lipinski definition) is 1. The highest BCUT2D eigenvalue weighted by Crippen LogP contribution is 2.27. The molecule has 1 fully saturated rings. The number of aryl methyl sites for hydroxylation is 1. The van der Waals surface area contributed by atoms with Gasteiger partial charge in [0.2, 0.25) is 10.0 Å². The first kappa shape index (κ1) is 25.3. The Kier molecular flexibility index (Phi) is 7.25. The van der Waals surface area contributed by atoms with Crippen LogP contribution >= 0.6 is 15.9 Å². The normalized spacial score (nSPS) is 16.8. The number of sulfonamides is 1. The van der Waals surface area contributed by atoms with Gasteiger partial charge in [0.05, 0.1) is 16.1 Å². The maximum Gasteiger partial charge on any atom is 0.258 e. The largest absolute Gasteiger partial charge is 0.366 e. The second kappa shape index (κ2) is 10.0. The van der Waals surface area contributed by atoms with Crippen LogP contribution in [0.25, 0.3) is 0 Å². The molecule has 0 bridgehead atoms. The van der Waals surface area contributed by atoms with Gasteiger partial charge in [-0.1, -0.05) is 33.6 Å². The van der Waals surface area contributed by atoms with Gasteiger partial charge in [0.15, 0.2) is 0 Å². The van der Waals surface area contributed by atoms with Crippen LogP contribution in [0.5, 0.6) is 0 Å². The number of piperazine rings is 1. The molecule has 1 atom stereocenters. The van der Waals surface area contributed by atoms with E-state index in [1.54, 1.807) is 0 Å². The lowest BCUT2D eigenvalue weighted by atomic mass is 10.1. The molecule has 0 aliphatic carbocycles. The fourth-order valence-corrected chi connectivity index (χ4v) is 5.90. The van der Waals surface area contributed by atoms with Gasteiger partial charge in [0.25, 0.3) is 5.91 Å². The first-order valence-electron chi connectivity index (χ1n) is 11.0. The van der Waals surface area contributed by atoms with Crippen LogP contribution < -0.4 is 10.2 Å². The number of hydrogen-bond acceptors (Lipinski definition) is 4. The molecule has 0 saturated carbocycles. The molecule has 184 valence electrons. The highest BCUT2D eigenvalue weighted by atomic mass is 79.9. The number of rotatable bonds is 5. The van der Waals surface area contributed by atoms with Crippen LogP contribution in [0.4, 0.5) is 20.2 Å². The van der Waals surface area contributed by atoms with Gasteiger partial charge in [-0.3, -0.25) is 4.79 Å². The van der Waals surface area contributed by atoms with Crippen molar-refractivity contribution in [1.29, 1.82) is 0 Å². The predicted molar refractivity (Wildman–Crippen MR) is 135 cm³/mol. The Morgan fingerprint density at radius 1 is 1.00 bits per heavy atom. The Bertz CT molecular complexity index is 1370. The second-order valence-corrected chi connectivity index (χ2v) is 11.3. The van der Waals surface area contributed by atoms with Crippen LogP contribution in [0.1, 0.15) is 22.8 Å². The Labute approximate surface area is 211 Å². The summed E-state index contributed by atoms with van der Waals surface area (Å²) in [6.45, 7) is 4.91. The third-order valence-corrected chi connectivity index (χ3v) is 8.31. The van der Waals surface area contributed by atoms with Crippen molar-refractivity contribution in [2.45, 2.75) is 24.8 Å². The molecule has 35 heavy (non-hydrogen) atoms. The van der Waals surface area contributed by atoms with Gasteiger partial charge in [-0.2, -0.15) is 4.31 Å². The molecule has 3 aromatic rings. The number of nitrogens with zero attached hydrogens (tertiary/aromatic N) is 2. The van der Waals surface area contributed by atoms with Crippen molar-refractivity contribution < 1.29 is 22.0 Å². The van der Waals surface area contributed by atoms with E-state index in [1.807, 2.05) is 38.1 Å². The van der Waals surface area contributed by atoms with Gasteiger partial charge in [-0.25, -0.2) is 17.2 Å². The summed E-state index contributed by atoms with van der Waals surface area (Å²) >= 11 is 3.12. The van der Waals surface area contributed by atoms with Crippen LogP contribution in [0, 0.1) is 18.6 Å². The fourth-order valence-electron chi connectivity index (χ4n) is 4.03. The predicted octanol–water partition coefficient (Wildman–Crippen LogP) is 5.19. The average molecular weight is 564 g/mol. The SMILES string of the molecule is Cc1ccc(N2CCN(S(=O)(=O)c3ccc(F)c(C(=O)Nc4ccc(Br)cc4F)c3)C[C@@H]2C)cc1. The van der Waals surface area contributed by atoms with Gasteiger partial charge < -0.3 is 10.2 Å². The summed E-state index contributed by atoms with van der Waals surface area (Å²) in [6, 6.07) is 15.0. The second-order valence-electron chi connectivity index (χ2n) is 8.46. The molecule has 1 aliphatic heterocycles. The highest BCUT2D eigenvalue weighted by Gasteiger charge is 2.33. The lowest BCUT2D eigenvalue weighted by Crippen LogP contribution is -2.53. The molecule has 4 rings (SSSR count). The van der Waals surface area contributed by atoms with Crippen molar-refractivity contribution in [3.8, 4) is 0 Å². The number of nitrogens with one attached hydrogen (secondary N) is 1. The van der Waals surface area contributed by atoms with Crippen LogP contribution in [-0.2, 0) is 10.0 Å². The molecule has 0 unspecified atom stereocenters. The molecular formula is C25H24BrF2N3O3S. The Morgan fingerprint density at radius 2 is 1.71 bits per heavy atom. The number of benzene rings is 3. The Hall–Kier alpha value is -2.82. The lowest BCUT2D eigenvalue weighted by molar-refractivity contribution is 0.102. The zero-order valence-corrected chi connectivity index (χ0v) is 21.5. The van der Waals surface area contributed by atoms with E-state index in [-0.39, 0.29) is 29.7 Å². The number of amides is 1. The molecule has 0 spiro atoms. The van der Waals surface area contributed by atoms with Gasteiger partial charge in [0.1, 0.15) is 11.6 Å². The molecule has 1 aliphatic rings. The summed E-state index contributed by atoms with van der Waals surface area (Å²) in [6.07, 6.45) is 0. The monoisotopic (exact) mass is 563 g/mol. The van der Waals surface area contributed by atoms with Crippen LogP contribution in [0.3, 0.4) is 0 Å². The van der Waals surface area contributed by atoms with E-state index in [9.17, 15) is 22.0 Å². The lowest BCUT2D eigenvalue weighted by Gasteiger charge is -2.40. The summed E-state index contributed by atoms with van der Waals surface area (Å²) in [4.78, 5) is 14.6. The van der Waals surface area contributed by atoms with Crippen molar-refractivity contribution in [3.63, 3.8) is 0 Å². The third-order valence-electron chi connectivity index (χ3n) is 5.96. The number of carbonyl (C=O) groups is 1. The first-order valence-corrected chi connectivity index (χ1v) is 13.2. The summed E-state index contributed by atoms with van der Waals surface area (Å²) in [5.74, 6) is -2.56. The minimum atomic E-state index is -3.99. The van der Waals surface area contributed by atoms with Crippen molar-refractivity contribution in [1.82, 2.24) is 4.31 Å². The fraction of sp³-hybridized carbons (Fsp3) is 0.240. The van der Waals surface area contributed by atoms with E-state index in [1.165, 1.54) is 16.4 Å². The van der Waals surface area contributed by atoms with E-state index in [2.05, 4.69) is 26.1 Å².